The second-order valence-electron chi connectivity index (χ2n) is 3.12. The van der Waals surface area contributed by atoms with E-state index in [0.29, 0.717) is 17.0 Å². The fourth-order valence-corrected chi connectivity index (χ4v) is 1.37. The Morgan fingerprint density at radius 2 is 1.94 bits per heavy atom. The van der Waals surface area contributed by atoms with Gasteiger partial charge in [-0.2, -0.15) is 0 Å². The molecule has 0 radical (unpaired) electrons. The summed E-state index contributed by atoms with van der Waals surface area (Å²) in [5.74, 6) is 0.309. The molecular weight excluding hydrogens is 204 g/mol. The van der Waals surface area contributed by atoms with E-state index in [1.807, 2.05) is 0 Å². The molecule has 4 heteroatoms. The summed E-state index contributed by atoms with van der Waals surface area (Å²) in [5, 5.41) is 0. The first-order chi connectivity index (χ1) is 7.83. The number of hydrogen-bond donors (Lipinski definition) is 0. The molecule has 0 amide bonds. The van der Waals surface area contributed by atoms with Crippen LogP contribution in [0.25, 0.3) is 0 Å². The Morgan fingerprint density at radius 3 is 2.62 bits per heavy atom. The van der Waals surface area contributed by atoms with Gasteiger partial charge in [0.2, 0.25) is 5.78 Å². The molecule has 2 heterocycles. The van der Waals surface area contributed by atoms with Gasteiger partial charge in [0.25, 0.3) is 0 Å². The number of rotatable bonds is 3. The standard InChI is InChI=1S/C12H10N2O2/c1-16-10-3-2-6-14-11(10)12(15)9-4-7-13-8-5-9/h2-8H,1H3. The number of pyridine rings is 2. The molecule has 0 saturated carbocycles. The zero-order valence-corrected chi connectivity index (χ0v) is 8.75. The molecule has 0 atom stereocenters. The van der Waals surface area contributed by atoms with Crippen molar-refractivity contribution in [3.8, 4) is 5.75 Å². The Labute approximate surface area is 92.9 Å². The lowest BCUT2D eigenvalue weighted by molar-refractivity contribution is 0.103. The molecule has 0 aliphatic heterocycles. The second-order valence-corrected chi connectivity index (χ2v) is 3.12. The van der Waals surface area contributed by atoms with Gasteiger partial charge in [-0.25, -0.2) is 4.98 Å². The van der Waals surface area contributed by atoms with E-state index >= 15 is 0 Å². The van der Waals surface area contributed by atoms with Gasteiger partial charge >= 0.3 is 0 Å². The summed E-state index contributed by atoms with van der Waals surface area (Å²) in [6.45, 7) is 0. The number of methoxy groups -OCH3 is 1. The third-order valence-corrected chi connectivity index (χ3v) is 2.15. The zero-order valence-electron chi connectivity index (χ0n) is 8.75. The minimum absolute atomic E-state index is 0.167. The van der Waals surface area contributed by atoms with E-state index in [1.54, 1.807) is 42.9 Å². The molecule has 0 unspecified atom stereocenters. The van der Waals surface area contributed by atoms with Crippen LogP contribution < -0.4 is 4.74 Å². The van der Waals surface area contributed by atoms with E-state index in [4.69, 9.17) is 4.74 Å². The molecule has 2 aromatic rings. The van der Waals surface area contributed by atoms with Crippen LogP contribution in [0.3, 0.4) is 0 Å². The van der Waals surface area contributed by atoms with Crippen molar-refractivity contribution in [1.82, 2.24) is 9.97 Å². The molecule has 0 aliphatic carbocycles. The number of ether oxygens (including phenoxy) is 1. The molecule has 0 fully saturated rings. The van der Waals surface area contributed by atoms with Gasteiger partial charge in [-0.15, -0.1) is 0 Å². The summed E-state index contributed by atoms with van der Waals surface area (Å²) in [7, 11) is 1.51. The van der Waals surface area contributed by atoms with Gasteiger partial charge in [-0.3, -0.25) is 9.78 Å². The number of carbonyl (C=O) groups excluding carboxylic acids is 1. The van der Waals surface area contributed by atoms with Crippen molar-refractivity contribution >= 4 is 5.78 Å². The molecule has 2 aromatic heterocycles. The fourth-order valence-electron chi connectivity index (χ4n) is 1.37. The van der Waals surface area contributed by atoms with Crippen LogP contribution in [0.5, 0.6) is 5.75 Å². The van der Waals surface area contributed by atoms with Gasteiger partial charge in [0.1, 0.15) is 5.75 Å². The number of nitrogens with zero attached hydrogens (tertiary/aromatic N) is 2. The van der Waals surface area contributed by atoms with Crippen LogP contribution in [0.4, 0.5) is 0 Å². The third kappa shape index (κ3) is 1.91. The van der Waals surface area contributed by atoms with Gasteiger partial charge in [-0.1, -0.05) is 0 Å². The van der Waals surface area contributed by atoms with Crippen molar-refractivity contribution in [3.05, 3.63) is 54.1 Å². The number of ketones is 1. The maximum atomic E-state index is 12.1. The molecule has 4 nitrogen and oxygen atoms in total. The van der Waals surface area contributed by atoms with E-state index < -0.39 is 0 Å². The van der Waals surface area contributed by atoms with Crippen LogP contribution in [0.1, 0.15) is 16.1 Å². The zero-order chi connectivity index (χ0) is 11.4. The van der Waals surface area contributed by atoms with Crippen LogP contribution in [0.15, 0.2) is 42.9 Å². The van der Waals surface area contributed by atoms with E-state index in [1.165, 1.54) is 7.11 Å². The number of aromatic nitrogens is 2. The number of carbonyl (C=O) groups is 1. The van der Waals surface area contributed by atoms with Gasteiger partial charge in [-0.05, 0) is 24.3 Å². The Kier molecular flexibility index (Phi) is 2.91. The SMILES string of the molecule is COc1cccnc1C(=O)c1ccncc1. The Hall–Kier alpha value is -2.23. The topological polar surface area (TPSA) is 52.1 Å². The molecule has 0 saturated heterocycles. The van der Waals surface area contributed by atoms with Crippen LogP contribution in [-0.4, -0.2) is 22.9 Å². The van der Waals surface area contributed by atoms with Crippen molar-refractivity contribution in [1.29, 1.82) is 0 Å². The van der Waals surface area contributed by atoms with E-state index in [9.17, 15) is 4.79 Å². The predicted molar refractivity (Wildman–Crippen MR) is 58.5 cm³/mol. The predicted octanol–water partition coefficient (Wildman–Crippen LogP) is 1.72. The fraction of sp³-hybridized carbons (Fsp3) is 0.0833. The highest BCUT2D eigenvalue weighted by atomic mass is 16.5. The average molecular weight is 214 g/mol. The molecule has 0 aromatic carbocycles. The van der Waals surface area contributed by atoms with Crippen molar-refractivity contribution in [2.24, 2.45) is 0 Å². The van der Waals surface area contributed by atoms with Gasteiger partial charge in [0.05, 0.1) is 7.11 Å². The number of hydrogen-bond acceptors (Lipinski definition) is 4. The van der Waals surface area contributed by atoms with Crippen molar-refractivity contribution < 1.29 is 9.53 Å². The summed E-state index contributed by atoms with van der Waals surface area (Å²) >= 11 is 0. The Balaban J connectivity index is 2.42. The minimum atomic E-state index is -0.167. The summed E-state index contributed by atoms with van der Waals surface area (Å²) in [6.07, 6.45) is 4.71. The molecule has 16 heavy (non-hydrogen) atoms. The lowest BCUT2D eigenvalue weighted by Gasteiger charge is -2.05. The molecule has 0 N–H and O–H groups in total. The van der Waals surface area contributed by atoms with Crippen molar-refractivity contribution in [3.63, 3.8) is 0 Å². The highest BCUT2D eigenvalue weighted by Crippen LogP contribution is 2.17. The van der Waals surface area contributed by atoms with Crippen LogP contribution in [0.2, 0.25) is 0 Å². The van der Waals surface area contributed by atoms with E-state index in [2.05, 4.69) is 9.97 Å². The van der Waals surface area contributed by atoms with Crippen molar-refractivity contribution in [2.45, 2.75) is 0 Å². The first-order valence-corrected chi connectivity index (χ1v) is 4.76. The first-order valence-electron chi connectivity index (χ1n) is 4.76. The van der Waals surface area contributed by atoms with Crippen LogP contribution in [-0.2, 0) is 0 Å². The molecule has 0 spiro atoms. The highest BCUT2D eigenvalue weighted by Gasteiger charge is 2.14. The Morgan fingerprint density at radius 1 is 1.19 bits per heavy atom. The quantitative estimate of drug-likeness (QED) is 0.730. The van der Waals surface area contributed by atoms with Gasteiger partial charge < -0.3 is 4.74 Å². The Bertz CT molecular complexity index is 497. The summed E-state index contributed by atoms with van der Waals surface area (Å²) in [5.41, 5.74) is 0.864. The third-order valence-electron chi connectivity index (χ3n) is 2.15. The van der Waals surface area contributed by atoms with Gasteiger partial charge in [0.15, 0.2) is 5.69 Å². The van der Waals surface area contributed by atoms with Crippen LogP contribution in [0, 0.1) is 0 Å². The van der Waals surface area contributed by atoms with Crippen molar-refractivity contribution in [2.75, 3.05) is 7.11 Å². The summed E-state index contributed by atoms with van der Waals surface area (Å²) < 4.78 is 5.09. The normalized spacial score (nSPS) is 9.81. The molecule has 0 bridgehead atoms. The summed E-state index contributed by atoms with van der Waals surface area (Å²) in [4.78, 5) is 19.9. The largest absolute Gasteiger partial charge is 0.494 e. The lowest BCUT2D eigenvalue weighted by Crippen LogP contribution is -2.06. The van der Waals surface area contributed by atoms with Gasteiger partial charge in [0, 0.05) is 24.2 Å². The monoisotopic (exact) mass is 214 g/mol. The average Bonchev–Trinajstić information content (AvgIpc) is 2.39. The maximum absolute atomic E-state index is 12.1. The smallest absolute Gasteiger partial charge is 0.215 e. The highest BCUT2D eigenvalue weighted by molar-refractivity contribution is 6.09. The van der Waals surface area contributed by atoms with E-state index in [-0.39, 0.29) is 5.78 Å². The van der Waals surface area contributed by atoms with E-state index in [0.717, 1.165) is 0 Å². The lowest BCUT2D eigenvalue weighted by atomic mass is 10.1. The molecule has 80 valence electrons. The maximum Gasteiger partial charge on any atom is 0.215 e. The molecule has 2 rings (SSSR count). The second kappa shape index (κ2) is 4.53. The molecular formula is C12H10N2O2. The first kappa shape index (κ1) is 10.3. The summed E-state index contributed by atoms with van der Waals surface area (Å²) in [6, 6.07) is 6.73. The molecule has 0 aliphatic rings. The minimum Gasteiger partial charge on any atom is -0.494 e. The van der Waals surface area contributed by atoms with Crippen LogP contribution >= 0.6 is 0 Å².